The van der Waals surface area contributed by atoms with Crippen LogP contribution in [0.25, 0.3) is 0 Å². The van der Waals surface area contributed by atoms with Crippen molar-refractivity contribution in [2.75, 3.05) is 13.1 Å². The SMILES string of the molecule is CCC1CN(Cc2ccc(C)c(C)c2)C(C)CN1. The minimum atomic E-state index is 0.634. The molecule has 2 heteroatoms. The number of aryl methyl sites for hydroxylation is 2. The van der Waals surface area contributed by atoms with E-state index in [1.165, 1.54) is 29.7 Å². The Bertz CT molecular complexity index is 400. The van der Waals surface area contributed by atoms with E-state index >= 15 is 0 Å². The lowest BCUT2D eigenvalue weighted by atomic mass is 10.0. The van der Waals surface area contributed by atoms with Gasteiger partial charge in [0.1, 0.15) is 0 Å². The second-order valence-corrected chi connectivity index (χ2v) is 5.71. The van der Waals surface area contributed by atoms with E-state index in [1.54, 1.807) is 0 Å². The summed E-state index contributed by atoms with van der Waals surface area (Å²) in [5.74, 6) is 0. The van der Waals surface area contributed by atoms with Crippen LogP contribution in [-0.4, -0.2) is 30.1 Å². The van der Waals surface area contributed by atoms with Crippen LogP contribution in [0.2, 0.25) is 0 Å². The van der Waals surface area contributed by atoms with E-state index in [-0.39, 0.29) is 0 Å². The molecule has 0 aliphatic carbocycles. The van der Waals surface area contributed by atoms with Crippen LogP contribution in [-0.2, 0) is 6.54 Å². The third kappa shape index (κ3) is 3.12. The van der Waals surface area contributed by atoms with E-state index in [1.807, 2.05) is 0 Å². The Hall–Kier alpha value is -0.860. The first-order chi connectivity index (χ1) is 8.60. The summed E-state index contributed by atoms with van der Waals surface area (Å²) < 4.78 is 0. The molecule has 1 aromatic rings. The highest BCUT2D eigenvalue weighted by atomic mass is 15.2. The molecule has 2 atom stereocenters. The first-order valence-electron chi connectivity index (χ1n) is 7.13. The zero-order chi connectivity index (χ0) is 13.1. The molecular weight excluding hydrogens is 220 g/mol. The zero-order valence-corrected chi connectivity index (χ0v) is 12.2. The van der Waals surface area contributed by atoms with Gasteiger partial charge in [0.25, 0.3) is 0 Å². The van der Waals surface area contributed by atoms with Crippen molar-refractivity contribution in [3.8, 4) is 0 Å². The van der Waals surface area contributed by atoms with Crippen LogP contribution < -0.4 is 5.32 Å². The summed E-state index contributed by atoms with van der Waals surface area (Å²) in [6.07, 6.45) is 1.22. The summed E-state index contributed by atoms with van der Waals surface area (Å²) in [4.78, 5) is 2.61. The Morgan fingerprint density at radius 3 is 2.72 bits per heavy atom. The van der Waals surface area contributed by atoms with Gasteiger partial charge in [0.05, 0.1) is 0 Å². The lowest BCUT2D eigenvalue weighted by molar-refractivity contribution is 0.131. The third-order valence-electron chi connectivity index (χ3n) is 4.23. The Morgan fingerprint density at radius 2 is 2.06 bits per heavy atom. The van der Waals surface area contributed by atoms with Gasteiger partial charge in [0.2, 0.25) is 0 Å². The quantitative estimate of drug-likeness (QED) is 0.882. The molecule has 2 nitrogen and oxygen atoms in total. The number of nitrogens with zero attached hydrogens (tertiary/aromatic N) is 1. The minimum absolute atomic E-state index is 0.634. The minimum Gasteiger partial charge on any atom is -0.311 e. The van der Waals surface area contributed by atoms with Crippen molar-refractivity contribution in [2.24, 2.45) is 0 Å². The van der Waals surface area contributed by atoms with E-state index < -0.39 is 0 Å². The summed E-state index contributed by atoms with van der Waals surface area (Å²) in [6.45, 7) is 12.3. The maximum absolute atomic E-state index is 3.61. The highest BCUT2D eigenvalue weighted by Crippen LogP contribution is 2.16. The van der Waals surface area contributed by atoms with Crippen LogP contribution >= 0.6 is 0 Å². The highest BCUT2D eigenvalue weighted by molar-refractivity contribution is 5.29. The van der Waals surface area contributed by atoms with E-state index in [2.05, 4.69) is 56.1 Å². The maximum atomic E-state index is 3.61. The van der Waals surface area contributed by atoms with Gasteiger partial charge in [0.15, 0.2) is 0 Å². The van der Waals surface area contributed by atoms with Crippen LogP contribution in [0.5, 0.6) is 0 Å². The molecule has 0 spiro atoms. The van der Waals surface area contributed by atoms with Gasteiger partial charge in [-0.2, -0.15) is 0 Å². The normalized spacial score (nSPS) is 25.3. The fraction of sp³-hybridized carbons (Fsp3) is 0.625. The number of benzene rings is 1. The number of piperazine rings is 1. The molecule has 0 radical (unpaired) electrons. The van der Waals surface area contributed by atoms with Gasteiger partial charge in [-0.25, -0.2) is 0 Å². The molecule has 0 aromatic heterocycles. The average Bonchev–Trinajstić information content (AvgIpc) is 2.36. The van der Waals surface area contributed by atoms with Crippen molar-refractivity contribution < 1.29 is 0 Å². The van der Waals surface area contributed by atoms with Crippen LogP contribution in [0.4, 0.5) is 0 Å². The number of nitrogens with one attached hydrogen (secondary N) is 1. The van der Waals surface area contributed by atoms with Crippen molar-refractivity contribution >= 4 is 0 Å². The van der Waals surface area contributed by atoms with Gasteiger partial charge in [-0.05, 0) is 43.9 Å². The van der Waals surface area contributed by atoms with Gasteiger partial charge in [-0.3, -0.25) is 4.90 Å². The van der Waals surface area contributed by atoms with Gasteiger partial charge in [-0.1, -0.05) is 25.1 Å². The van der Waals surface area contributed by atoms with Crippen molar-refractivity contribution in [2.45, 2.75) is 52.7 Å². The van der Waals surface area contributed by atoms with E-state index in [0.717, 1.165) is 13.1 Å². The second kappa shape index (κ2) is 5.85. The van der Waals surface area contributed by atoms with Gasteiger partial charge in [0, 0.05) is 31.7 Å². The summed E-state index contributed by atoms with van der Waals surface area (Å²) in [7, 11) is 0. The molecule has 1 aromatic carbocycles. The highest BCUT2D eigenvalue weighted by Gasteiger charge is 2.23. The molecule has 1 saturated heterocycles. The second-order valence-electron chi connectivity index (χ2n) is 5.71. The van der Waals surface area contributed by atoms with Crippen LogP contribution in [0.3, 0.4) is 0 Å². The molecule has 1 aliphatic heterocycles. The molecule has 0 bridgehead atoms. The molecule has 1 N–H and O–H groups in total. The van der Waals surface area contributed by atoms with E-state index in [0.29, 0.717) is 12.1 Å². The molecular formula is C16H26N2. The molecule has 0 amide bonds. The molecule has 1 aliphatic rings. The predicted octanol–water partition coefficient (Wildman–Crippen LogP) is 2.88. The number of hydrogen-bond acceptors (Lipinski definition) is 2. The van der Waals surface area contributed by atoms with Crippen LogP contribution in [0.15, 0.2) is 18.2 Å². The topological polar surface area (TPSA) is 15.3 Å². The van der Waals surface area contributed by atoms with E-state index in [9.17, 15) is 0 Å². The van der Waals surface area contributed by atoms with Crippen molar-refractivity contribution in [1.82, 2.24) is 10.2 Å². The van der Waals surface area contributed by atoms with Crippen molar-refractivity contribution in [1.29, 1.82) is 0 Å². The Morgan fingerprint density at radius 1 is 1.28 bits per heavy atom. The molecule has 1 heterocycles. The summed E-state index contributed by atoms with van der Waals surface area (Å²) in [6, 6.07) is 8.15. The molecule has 2 rings (SSSR count). The summed E-state index contributed by atoms with van der Waals surface area (Å²) >= 11 is 0. The number of hydrogen-bond donors (Lipinski definition) is 1. The first kappa shape index (κ1) is 13.6. The standard InChI is InChI=1S/C16H26N2/c1-5-16-11-18(14(4)9-17-16)10-15-7-6-12(2)13(3)8-15/h6-8,14,16-17H,5,9-11H2,1-4H3. The lowest BCUT2D eigenvalue weighted by Crippen LogP contribution is -2.54. The fourth-order valence-electron chi connectivity index (χ4n) is 2.62. The Balaban J connectivity index is 2.04. The predicted molar refractivity (Wildman–Crippen MR) is 77.9 cm³/mol. The third-order valence-corrected chi connectivity index (χ3v) is 4.23. The Kier molecular flexibility index (Phi) is 4.41. The van der Waals surface area contributed by atoms with Crippen LogP contribution in [0, 0.1) is 13.8 Å². The Labute approximate surface area is 111 Å². The van der Waals surface area contributed by atoms with Gasteiger partial charge < -0.3 is 5.32 Å². The zero-order valence-electron chi connectivity index (χ0n) is 12.2. The van der Waals surface area contributed by atoms with Crippen LogP contribution in [0.1, 0.15) is 37.0 Å². The van der Waals surface area contributed by atoms with E-state index in [4.69, 9.17) is 0 Å². The van der Waals surface area contributed by atoms with Gasteiger partial charge in [-0.15, -0.1) is 0 Å². The summed E-state index contributed by atoms with van der Waals surface area (Å²) in [5, 5.41) is 3.61. The van der Waals surface area contributed by atoms with Crippen molar-refractivity contribution in [3.63, 3.8) is 0 Å². The monoisotopic (exact) mass is 246 g/mol. The summed E-state index contributed by atoms with van der Waals surface area (Å²) in [5.41, 5.74) is 4.24. The largest absolute Gasteiger partial charge is 0.311 e. The number of rotatable bonds is 3. The first-order valence-corrected chi connectivity index (χ1v) is 7.13. The molecule has 18 heavy (non-hydrogen) atoms. The molecule has 1 fully saturated rings. The van der Waals surface area contributed by atoms with Crippen molar-refractivity contribution in [3.05, 3.63) is 34.9 Å². The smallest absolute Gasteiger partial charge is 0.0237 e. The lowest BCUT2D eigenvalue weighted by Gasteiger charge is -2.38. The van der Waals surface area contributed by atoms with Gasteiger partial charge >= 0.3 is 0 Å². The maximum Gasteiger partial charge on any atom is 0.0237 e. The molecule has 100 valence electrons. The fourth-order valence-corrected chi connectivity index (χ4v) is 2.62. The molecule has 2 unspecified atom stereocenters. The molecule has 0 saturated carbocycles. The average molecular weight is 246 g/mol.